The van der Waals surface area contributed by atoms with Crippen LogP contribution in [-0.4, -0.2) is 36.5 Å². The molecule has 1 amide bonds. The molecule has 2 fully saturated rings. The summed E-state index contributed by atoms with van der Waals surface area (Å²) in [5.41, 5.74) is 0. The SMILES string of the molecule is CCNCC(C)C(=O)N1CCCC1C1CCCCC1. The van der Waals surface area contributed by atoms with Crippen molar-refractivity contribution < 1.29 is 4.79 Å². The molecular formula is C16H30N2O. The number of carbonyl (C=O) groups is 1. The van der Waals surface area contributed by atoms with E-state index in [2.05, 4.69) is 24.1 Å². The molecule has 1 saturated heterocycles. The molecule has 1 saturated carbocycles. The van der Waals surface area contributed by atoms with Gasteiger partial charge >= 0.3 is 0 Å². The van der Waals surface area contributed by atoms with Crippen molar-refractivity contribution in [3.63, 3.8) is 0 Å². The van der Waals surface area contributed by atoms with Crippen LogP contribution in [0.25, 0.3) is 0 Å². The predicted molar refractivity (Wildman–Crippen MR) is 79.0 cm³/mol. The molecule has 3 nitrogen and oxygen atoms in total. The highest BCUT2D eigenvalue weighted by molar-refractivity contribution is 5.79. The molecule has 2 atom stereocenters. The number of amides is 1. The monoisotopic (exact) mass is 266 g/mol. The summed E-state index contributed by atoms with van der Waals surface area (Å²) < 4.78 is 0. The Balaban J connectivity index is 1.91. The number of nitrogens with one attached hydrogen (secondary N) is 1. The molecule has 1 aliphatic heterocycles. The van der Waals surface area contributed by atoms with Crippen LogP contribution < -0.4 is 5.32 Å². The van der Waals surface area contributed by atoms with E-state index in [4.69, 9.17) is 0 Å². The van der Waals surface area contributed by atoms with Gasteiger partial charge in [-0.15, -0.1) is 0 Å². The number of hydrogen-bond donors (Lipinski definition) is 1. The molecule has 0 spiro atoms. The van der Waals surface area contributed by atoms with Gasteiger partial charge in [-0.25, -0.2) is 0 Å². The molecule has 0 aromatic carbocycles. The zero-order valence-corrected chi connectivity index (χ0v) is 12.7. The van der Waals surface area contributed by atoms with Gasteiger partial charge in [0.25, 0.3) is 0 Å². The highest BCUT2D eigenvalue weighted by Crippen LogP contribution is 2.34. The smallest absolute Gasteiger partial charge is 0.226 e. The van der Waals surface area contributed by atoms with Crippen LogP contribution >= 0.6 is 0 Å². The zero-order chi connectivity index (χ0) is 13.7. The molecule has 0 aromatic rings. The van der Waals surface area contributed by atoms with Crippen molar-refractivity contribution in [2.75, 3.05) is 19.6 Å². The molecule has 0 aromatic heterocycles. The van der Waals surface area contributed by atoms with Gasteiger partial charge in [-0.3, -0.25) is 4.79 Å². The molecule has 2 rings (SSSR count). The van der Waals surface area contributed by atoms with Crippen LogP contribution in [0.3, 0.4) is 0 Å². The number of likely N-dealkylation sites (tertiary alicyclic amines) is 1. The van der Waals surface area contributed by atoms with Crippen LogP contribution in [-0.2, 0) is 4.79 Å². The lowest BCUT2D eigenvalue weighted by atomic mass is 9.82. The van der Waals surface area contributed by atoms with E-state index in [1.807, 2.05) is 0 Å². The second kappa shape index (κ2) is 7.28. The third-order valence-corrected chi connectivity index (χ3v) is 4.90. The quantitative estimate of drug-likeness (QED) is 0.830. The molecule has 0 bridgehead atoms. The Labute approximate surface area is 118 Å². The first-order chi connectivity index (χ1) is 9.24. The first kappa shape index (κ1) is 14.8. The lowest BCUT2D eigenvalue weighted by Crippen LogP contribution is -2.45. The molecular weight excluding hydrogens is 236 g/mol. The molecule has 1 aliphatic carbocycles. The van der Waals surface area contributed by atoms with Gasteiger partial charge in [0.05, 0.1) is 0 Å². The fourth-order valence-corrected chi connectivity index (χ4v) is 3.81. The summed E-state index contributed by atoms with van der Waals surface area (Å²) in [6, 6.07) is 0.553. The lowest BCUT2D eigenvalue weighted by molar-refractivity contribution is -0.136. The fraction of sp³-hybridized carbons (Fsp3) is 0.938. The van der Waals surface area contributed by atoms with Crippen molar-refractivity contribution in [3.8, 4) is 0 Å². The molecule has 3 heteroatoms. The molecule has 1 N–H and O–H groups in total. The topological polar surface area (TPSA) is 32.3 Å². The van der Waals surface area contributed by atoms with Gasteiger partial charge in [-0.2, -0.15) is 0 Å². The predicted octanol–water partition coefficient (Wildman–Crippen LogP) is 2.80. The van der Waals surface area contributed by atoms with E-state index in [1.54, 1.807) is 0 Å². The van der Waals surface area contributed by atoms with Crippen molar-refractivity contribution in [1.82, 2.24) is 10.2 Å². The van der Waals surface area contributed by atoms with E-state index in [0.717, 1.165) is 25.6 Å². The average molecular weight is 266 g/mol. The Morgan fingerprint density at radius 2 is 1.95 bits per heavy atom. The first-order valence-corrected chi connectivity index (χ1v) is 8.25. The highest BCUT2D eigenvalue weighted by atomic mass is 16.2. The Morgan fingerprint density at radius 3 is 2.63 bits per heavy atom. The second-order valence-corrected chi connectivity index (χ2v) is 6.35. The van der Waals surface area contributed by atoms with Crippen LogP contribution in [0.4, 0.5) is 0 Å². The maximum atomic E-state index is 12.6. The van der Waals surface area contributed by atoms with Crippen molar-refractivity contribution in [2.24, 2.45) is 11.8 Å². The largest absolute Gasteiger partial charge is 0.339 e. The third-order valence-electron chi connectivity index (χ3n) is 4.90. The normalized spacial score (nSPS) is 26.6. The molecule has 1 heterocycles. The summed E-state index contributed by atoms with van der Waals surface area (Å²) >= 11 is 0. The summed E-state index contributed by atoms with van der Waals surface area (Å²) in [5, 5.41) is 3.30. The van der Waals surface area contributed by atoms with E-state index < -0.39 is 0 Å². The molecule has 19 heavy (non-hydrogen) atoms. The van der Waals surface area contributed by atoms with Gasteiger partial charge in [0.15, 0.2) is 0 Å². The summed E-state index contributed by atoms with van der Waals surface area (Å²) in [5.74, 6) is 1.30. The number of carbonyl (C=O) groups excluding carboxylic acids is 1. The highest BCUT2D eigenvalue weighted by Gasteiger charge is 2.36. The van der Waals surface area contributed by atoms with Crippen LogP contribution in [0.15, 0.2) is 0 Å². The average Bonchev–Trinajstić information content (AvgIpc) is 2.94. The van der Waals surface area contributed by atoms with Crippen LogP contribution in [0.2, 0.25) is 0 Å². The van der Waals surface area contributed by atoms with Crippen molar-refractivity contribution in [3.05, 3.63) is 0 Å². The first-order valence-electron chi connectivity index (χ1n) is 8.25. The van der Waals surface area contributed by atoms with E-state index in [-0.39, 0.29) is 5.92 Å². The molecule has 2 unspecified atom stereocenters. The minimum Gasteiger partial charge on any atom is -0.339 e. The van der Waals surface area contributed by atoms with E-state index in [0.29, 0.717) is 11.9 Å². The second-order valence-electron chi connectivity index (χ2n) is 6.35. The van der Waals surface area contributed by atoms with Gasteiger partial charge in [-0.05, 0) is 38.1 Å². The van der Waals surface area contributed by atoms with Crippen LogP contribution in [0, 0.1) is 11.8 Å². The van der Waals surface area contributed by atoms with Crippen molar-refractivity contribution in [1.29, 1.82) is 0 Å². The van der Waals surface area contributed by atoms with Gasteiger partial charge in [-0.1, -0.05) is 33.1 Å². The Bertz CT molecular complexity index is 286. The maximum absolute atomic E-state index is 12.6. The Hall–Kier alpha value is -0.570. The maximum Gasteiger partial charge on any atom is 0.226 e. The Kier molecular flexibility index (Phi) is 5.68. The minimum absolute atomic E-state index is 0.129. The van der Waals surface area contributed by atoms with Crippen LogP contribution in [0.1, 0.15) is 58.8 Å². The zero-order valence-electron chi connectivity index (χ0n) is 12.7. The fourth-order valence-electron chi connectivity index (χ4n) is 3.81. The summed E-state index contributed by atoms with van der Waals surface area (Å²) in [4.78, 5) is 14.8. The van der Waals surface area contributed by atoms with E-state index in [1.165, 1.54) is 44.9 Å². The number of hydrogen-bond acceptors (Lipinski definition) is 2. The number of nitrogens with zero attached hydrogens (tertiary/aromatic N) is 1. The van der Waals surface area contributed by atoms with Gasteiger partial charge in [0.1, 0.15) is 0 Å². The van der Waals surface area contributed by atoms with Gasteiger partial charge in [0.2, 0.25) is 5.91 Å². The van der Waals surface area contributed by atoms with E-state index in [9.17, 15) is 4.79 Å². The minimum atomic E-state index is 0.129. The molecule has 110 valence electrons. The van der Waals surface area contributed by atoms with Crippen molar-refractivity contribution >= 4 is 5.91 Å². The van der Waals surface area contributed by atoms with Gasteiger partial charge < -0.3 is 10.2 Å². The molecule has 0 radical (unpaired) electrons. The molecule has 2 aliphatic rings. The van der Waals surface area contributed by atoms with E-state index >= 15 is 0 Å². The summed E-state index contributed by atoms with van der Waals surface area (Å²) in [7, 11) is 0. The van der Waals surface area contributed by atoms with Gasteiger partial charge in [0, 0.05) is 25.0 Å². The Morgan fingerprint density at radius 1 is 1.21 bits per heavy atom. The summed E-state index contributed by atoms with van der Waals surface area (Å²) in [6.07, 6.45) is 9.28. The summed E-state index contributed by atoms with van der Waals surface area (Å²) in [6.45, 7) is 6.93. The lowest BCUT2D eigenvalue weighted by Gasteiger charge is -2.35. The third kappa shape index (κ3) is 3.71. The standard InChI is InChI=1S/C16H30N2O/c1-3-17-12-13(2)16(19)18-11-7-10-15(18)14-8-5-4-6-9-14/h13-15,17H,3-12H2,1-2H3. The van der Waals surface area contributed by atoms with Crippen LogP contribution in [0.5, 0.6) is 0 Å². The van der Waals surface area contributed by atoms with Crippen molar-refractivity contribution in [2.45, 2.75) is 64.8 Å². The number of rotatable bonds is 5.